The van der Waals surface area contributed by atoms with Gasteiger partial charge < -0.3 is 14.2 Å². The Labute approximate surface area is 115 Å². The van der Waals surface area contributed by atoms with Crippen molar-refractivity contribution in [3.63, 3.8) is 0 Å². The zero-order valence-corrected chi connectivity index (χ0v) is 12.7. The van der Waals surface area contributed by atoms with Crippen LogP contribution in [0.3, 0.4) is 0 Å². The third-order valence-electron chi connectivity index (χ3n) is 2.85. The number of carbonyl (C=O) groups excluding carboxylic acids is 1. The summed E-state index contributed by atoms with van der Waals surface area (Å²) in [5.41, 5.74) is 1.67. The molecule has 0 saturated carbocycles. The number of aromatic nitrogens is 2. The van der Waals surface area contributed by atoms with Gasteiger partial charge in [0.15, 0.2) is 4.73 Å². The molecule has 0 saturated heterocycles. The highest BCUT2D eigenvalue weighted by molar-refractivity contribution is 9.10. The maximum atomic E-state index is 12.0. The summed E-state index contributed by atoms with van der Waals surface area (Å²) in [6, 6.07) is 0. The monoisotopic (exact) mass is 315 g/mol. The molecular formula is C12H18BrN3O2. The minimum atomic E-state index is -0.454. The number of hydrogen-bond acceptors (Lipinski definition) is 3. The number of rotatable bonds is 0. The van der Waals surface area contributed by atoms with E-state index in [0.717, 1.165) is 22.5 Å². The van der Waals surface area contributed by atoms with Crippen molar-refractivity contribution in [3.05, 3.63) is 16.1 Å². The van der Waals surface area contributed by atoms with Gasteiger partial charge >= 0.3 is 6.09 Å². The van der Waals surface area contributed by atoms with Crippen LogP contribution >= 0.6 is 15.9 Å². The highest BCUT2D eigenvalue weighted by atomic mass is 79.9. The predicted molar refractivity (Wildman–Crippen MR) is 71.3 cm³/mol. The third kappa shape index (κ3) is 2.68. The number of fused-ring (bicyclic) bond motifs is 1. The van der Waals surface area contributed by atoms with Crippen molar-refractivity contribution in [1.82, 2.24) is 14.5 Å². The largest absolute Gasteiger partial charge is 0.444 e. The molecule has 5 nitrogen and oxygen atoms in total. The number of amides is 1. The van der Waals surface area contributed by atoms with Crippen molar-refractivity contribution >= 4 is 22.0 Å². The summed E-state index contributed by atoms with van der Waals surface area (Å²) in [6.45, 7) is 6.84. The molecule has 0 radical (unpaired) electrons. The summed E-state index contributed by atoms with van der Waals surface area (Å²) >= 11 is 3.40. The van der Waals surface area contributed by atoms with E-state index in [4.69, 9.17) is 4.74 Å². The van der Waals surface area contributed by atoms with Crippen molar-refractivity contribution in [3.8, 4) is 0 Å². The molecule has 18 heavy (non-hydrogen) atoms. The van der Waals surface area contributed by atoms with Gasteiger partial charge in [0.1, 0.15) is 5.60 Å². The van der Waals surface area contributed by atoms with Gasteiger partial charge in [-0.2, -0.15) is 0 Å². The molecule has 1 aromatic heterocycles. The Kier molecular flexibility index (Phi) is 3.40. The molecule has 1 amide bonds. The van der Waals surface area contributed by atoms with Gasteiger partial charge in [-0.15, -0.1) is 0 Å². The minimum Gasteiger partial charge on any atom is -0.444 e. The second-order valence-electron chi connectivity index (χ2n) is 5.49. The zero-order valence-electron chi connectivity index (χ0n) is 11.2. The lowest BCUT2D eigenvalue weighted by Crippen LogP contribution is -2.40. The smallest absolute Gasteiger partial charge is 0.410 e. The number of carbonyl (C=O) groups is 1. The average Bonchev–Trinajstić information content (AvgIpc) is 2.52. The van der Waals surface area contributed by atoms with Gasteiger partial charge in [-0.25, -0.2) is 9.78 Å². The van der Waals surface area contributed by atoms with E-state index in [2.05, 4.69) is 20.9 Å². The van der Waals surface area contributed by atoms with Crippen LogP contribution in [0.5, 0.6) is 0 Å². The van der Waals surface area contributed by atoms with E-state index in [-0.39, 0.29) is 6.09 Å². The molecule has 0 aliphatic carbocycles. The summed E-state index contributed by atoms with van der Waals surface area (Å²) in [4.78, 5) is 18.1. The molecule has 1 aliphatic heterocycles. The van der Waals surface area contributed by atoms with Crippen LogP contribution in [0.4, 0.5) is 4.79 Å². The molecule has 0 spiro atoms. The zero-order chi connectivity index (χ0) is 13.5. The Morgan fingerprint density at radius 3 is 2.72 bits per heavy atom. The fourth-order valence-corrected chi connectivity index (χ4v) is 2.36. The lowest BCUT2D eigenvalue weighted by atomic mass is 10.1. The average molecular weight is 316 g/mol. The molecule has 0 aromatic carbocycles. The molecule has 2 heterocycles. The van der Waals surface area contributed by atoms with Crippen LogP contribution in [0.25, 0.3) is 0 Å². The van der Waals surface area contributed by atoms with Gasteiger partial charge in [0, 0.05) is 20.0 Å². The summed E-state index contributed by atoms with van der Waals surface area (Å²) in [7, 11) is 1.94. The third-order valence-corrected chi connectivity index (χ3v) is 3.56. The van der Waals surface area contributed by atoms with Crippen LogP contribution in [0.1, 0.15) is 32.2 Å². The quantitative estimate of drug-likeness (QED) is 0.739. The molecular weight excluding hydrogens is 298 g/mol. The second-order valence-corrected chi connectivity index (χ2v) is 6.19. The summed E-state index contributed by atoms with van der Waals surface area (Å²) in [5, 5.41) is 0. The van der Waals surface area contributed by atoms with Gasteiger partial charge in [-0.05, 0) is 36.7 Å². The number of nitrogens with zero attached hydrogens (tertiary/aromatic N) is 3. The molecule has 0 unspecified atom stereocenters. The minimum absolute atomic E-state index is 0.259. The van der Waals surface area contributed by atoms with Crippen LogP contribution < -0.4 is 0 Å². The van der Waals surface area contributed by atoms with E-state index >= 15 is 0 Å². The molecule has 0 atom stereocenters. The van der Waals surface area contributed by atoms with Crippen molar-refractivity contribution in [2.24, 2.45) is 7.05 Å². The molecule has 0 fully saturated rings. The topological polar surface area (TPSA) is 47.4 Å². The molecule has 2 rings (SSSR count). The maximum Gasteiger partial charge on any atom is 0.410 e. The lowest BCUT2D eigenvalue weighted by molar-refractivity contribution is 0.0219. The summed E-state index contributed by atoms with van der Waals surface area (Å²) in [6.07, 6.45) is 0.513. The molecule has 1 aliphatic rings. The van der Waals surface area contributed by atoms with Gasteiger partial charge in [0.05, 0.1) is 17.9 Å². The Hall–Kier alpha value is -1.04. The summed E-state index contributed by atoms with van der Waals surface area (Å²) in [5.74, 6) is 0. The van der Waals surface area contributed by atoms with E-state index in [9.17, 15) is 4.79 Å². The first-order valence-corrected chi connectivity index (χ1v) is 6.75. The number of halogens is 1. The van der Waals surface area contributed by atoms with Crippen molar-refractivity contribution in [2.75, 3.05) is 6.54 Å². The van der Waals surface area contributed by atoms with E-state index in [1.165, 1.54) is 0 Å². The molecule has 1 aromatic rings. The van der Waals surface area contributed by atoms with Gasteiger partial charge in [-0.3, -0.25) is 0 Å². The molecule has 100 valence electrons. The standard InChI is InChI=1S/C12H18BrN3O2/c1-12(2,3)18-11(17)16-6-5-8-9(7-16)15(4)10(13)14-8/h5-7H2,1-4H3. The Morgan fingerprint density at radius 2 is 2.11 bits per heavy atom. The highest BCUT2D eigenvalue weighted by Gasteiger charge is 2.28. The van der Waals surface area contributed by atoms with Crippen LogP contribution in [0.2, 0.25) is 0 Å². The first kappa shape index (κ1) is 13.4. The Balaban J connectivity index is 2.12. The first-order chi connectivity index (χ1) is 8.28. The van der Waals surface area contributed by atoms with Gasteiger partial charge in [0.25, 0.3) is 0 Å². The first-order valence-electron chi connectivity index (χ1n) is 5.96. The SMILES string of the molecule is Cn1c(Br)nc2c1CN(C(=O)OC(C)(C)C)CC2. The maximum absolute atomic E-state index is 12.0. The second kappa shape index (κ2) is 4.57. The molecule has 0 bridgehead atoms. The van der Waals surface area contributed by atoms with Gasteiger partial charge in [0.2, 0.25) is 0 Å². The van der Waals surface area contributed by atoms with E-state index in [1.54, 1.807) is 4.90 Å². The normalized spacial score (nSPS) is 15.5. The predicted octanol–water partition coefficient (Wildman–Crippen LogP) is 2.48. The van der Waals surface area contributed by atoms with Crippen molar-refractivity contribution < 1.29 is 9.53 Å². The fraction of sp³-hybridized carbons (Fsp3) is 0.667. The van der Waals surface area contributed by atoms with E-state index in [1.807, 2.05) is 32.4 Å². The fourth-order valence-electron chi connectivity index (χ4n) is 1.94. The summed E-state index contributed by atoms with van der Waals surface area (Å²) < 4.78 is 8.15. The van der Waals surface area contributed by atoms with Crippen molar-refractivity contribution in [1.29, 1.82) is 0 Å². The lowest BCUT2D eigenvalue weighted by Gasteiger charge is -2.30. The highest BCUT2D eigenvalue weighted by Crippen LogP contribution is 2.23. The molecule has 6 heteroatoms. The number of imidazole rings is 1. The van der Waals surface area contributed by atoms with E-state index in [0.29, 0.717) is 13.1 Å². The Bertz CT molecular complexity index is 476. The number of ether oxygens (including phenoxy) is 1. The van der Waals surface area contributed by atoms with Crippen LogP contribution in [0, 0.1) is 0 Å². The van der Waals surface area contributed by atoms with Crippen LogP contribution in [-0.2, 0) is 24.8 Å². The van der Waals surface area contributed by atoms with Crippen LogP contribution in [0.15, 0.2) is 4.73 Å². The number of hydrogen-bond donors (Lipinski definition) is 0. The molecule has 0 N–H and O–H groups in total. The van der Waals surface area contributed by atoms with Gasteiger partial charge in [-0.1, -0.05) is 0 Å². The Morgan fingerprint density at radius 1 is 1.44 bits per heavy atom. The van der Waals surface area contributed by atoms with E-state index < -0.39 is 5.60 Å². The van der Waals surface area contributed by atoms with Crippen LogP contribution in [-0.4, -0.2) is 32.7 Å². The van der Waals surface area contributed by atoms with Crippen molar-refractivity contribution in [2.45, 2.75) is 39.3 Å².